The van der Waals surface area contributed by atoms with E-state index in [2.05, 4.69) is 27.9 Å². The number of anilines is 1. The molecular weight excluding hydrogens is 367 g/mol. The minimum absolute atomic E-state index is 0.167. The van der Waals surface area contributed by atoms with Gasteiger partial charge in [-0.2, -0.15) is 0 Å². The van der Waals surface area contributed by atoms with Gasteiger partial charge in [0.1, 0.15) is 6.04 Å². The van der Waals surface area contributed by atoms with Gasteiger partial charge in [0.25, 0.3) is 0 Å². The molecule has 4 N–H and O–H groups in total. The van der Waals surface area contributed by atoms with Crippen LogP contribution >= 0.6 is 34.4 Å². The average molecular weight is 380 g/mol. The zero-order chi connectivity index (χ0) is 13.5. The van der Waals surface area contributed by atoms with Gasteiger partial charge >= 0.3 is 5.97 Å². The van der Waals surface area contributed by atoms with E-state index in [0.717, 1.165) is 9.26 Å². The van der Waals surface area contributed by atoms with Crippen molar-refractivity contribution in [1.82, 2.24) is 0 Å². The zero-order valence-electron chi connectivity index (χ0n) is 9.43. The first-order valence-electron chi connectivity index (χ1n) is 5.10. The fraction of sp³-hybridized carbons (Fsp3) is 0.273. The van der Waals surface area contributed by atoms with E-state index in [9.17, 15) is 9.59 Å². The number of amides is 1. The van der Waals surface area contributed by atoms with Gasteiger partial charge in [-0.3, -0.25) is 9.59 Å². The number of aliphatic carboxylic acids is 1. The van der Waals surface area contributed by atoms with E-state index in [0.29, 0.717) is 0 Å². The van der Waals surface area contributed by atoms with Crippen molar-refractivity contribution in [1.29, 1.82) is 0 Å². The van der Waals surface area contributed by atoms with Crippen molar-refractivity contribution in [2.24, 2.45) is 5.73 Å². The number of hydrogen-bond acceptors (Lipinski definition) is 4. The molecule has 1 aromatic rings. The highest BCUT2D eigenvalue weighted by molar-refractivity contribution is 14.1. The summed E-state index contributed by atoms with van der Waals surface area (Å²) in [6.45, 7) is 0. The summed E-state index contributed by atoms with van der Waals surface area (Å²) in [6.07, 6.45) is 0. The van der Waals surface area contributed by atoms with Crippen LogP contribution in [0.2, 0.25) is 0 Å². The molecule has 0 unspecified atom stereocenters. The number of hydrogen-bond donors (Lipinski definition) is 3. The minimum Gasteiger partial charge on any atom is -0.480 e. The summed E-state index contributed by atoms with van der Waals surface area (Å²) in [5, 5.41) is 11.3. The molecule has 0 aromatic heterocycles. The van der Waals surface area contributed by atoms with Crippen LogP contribution in [0.25, 0.3) is 0 Å². The van der Waals surface area contributed by atoms with Crippen LogP contribution in [0.3, 0.4) is 0 Å². The standard InChI is InChI=1S/C11H13IN2O3S/c12-7-2-1-3-8(4-7)14-10(15)6-18-5-9(13)11(16)17/h1-4,9H,5-6,13H2,(H,14,15)(H,16,17)/t9-/m1/s1. The molecule has 0 saturated heterocycles. The van der Waals surface area contributed by atoms with Gasteiger partial charge in [-0.05, 0) is 40.8 Å². The molecule has 0 fully saturated rings. The normalized spacial score (nSPS) is 11.9. The quantitative estimate of drug-likeness (QED) is 0.649. The Bertz CT molecular complexity index is 442. The Kier molecular flexibility index (Phi) is 6.44. The Morgan fingerprint density at radius 2 is 2.22 bits per heavy atom. The second-order valence-electron chi connectivity index (χ2n) is 3.52. The lowest BCUT2D eigenvalue weighted by Gasteiger charge is -2.07. The Hall–Kier alpha value is -0.800. The van der Waals surface area contributed by atoms with Crippen LogP contribution in [-0.2, 0) is 9.59 Å². The SMILES string of the molecule is N[C@H](CSCC(=O)Nc1cccc(I)c1)C(=O)O. The number of carbonyl (C=O) groups is 2. The minimum atomic E-state index is -1.06. The topological polar surface area (TPSA) is 92.4 Å². The molecular formula is C11H13IN2O3S. The van der Waals surface area contributed by atoms with Crippen molar-refractivity contribution in [3.8, 4) is 0 Å². The number of benzene rings is 1. The van der Waals surface area contributed by atoms with E-state index in [4.69, 9.17) is 10.8 Å². The fourth-order valence-electron chi connectivity index (χ4n) is 1.11. The lowest BCUT2D eigenvalue weighted by Crippen LogP contribution is -2.33. The number of nitrogens with one attached hydrogen (secondary N) is 1. The first kappa shape index (κ1) is 15.3. The van der Waals surface area contributed by atoms with E-state index in [1.807, 2.05) is 18.2 Å². The Labute approximate surface area is 123 Å². The first-order valence-corrected chi connectivity index (χ1v) is 7.34. The molecule has 0 spiro atoms. The molecule has 1 amide bonds. The molecule has 7 heteroatoms. The highest BCUT2D eigenvalue weighted by Gasteiger charge is 2.12. The van der Waals surface area contributed by atoms with Crippen LogP contribution in [-0.4, -0.2) is 34.5 Å². The third kappa shape index (κ3) is 5.69. The zero-order valence-corrected chi connectivity index (χ0v) is 12.4. The Morgan fingerprint density at radius 1 is 1.50 bits per heavy atom. The van der Waals surface area contributed by atoms with Crippen molar-refractivity contribution in [2.75, 3.05) is 16.8 Å². The molecule has 18 heavy (non-hydrogen) atoms. The third-order valence-electron chi connectivity index (χ3n) is 1.96. The molecule has 1 aromatic carbocycles. The number of carboxylic acid groups (broad SMARTS) is 1. The summed E-state index contributed by atoms with van der Waals surface area (Å²) in [5.74, 6) is -0.818. The Morgan fingerprint density at radius 3 is 2.83 bits per heavy atom. The third-order valence-corrected chi connectivity index (χ3v) is 3.69. The maximum absolute atomic E-state index is 11.6. The number of rotatable bonds is 6. The van der Waals surface area contributed by atoms with Crippen molar-refractivity contribution >= 4 is 51.9 Å². The number of carboxylic acids is 1. The van der Waals surface area contributed by atoms with E-state index in [1.54, 1.807) is 6.07 Å². The monoisotopic (exact) mass is 380 g/mol. The molecule has 5 nitrogen and oxygen atoms in total. The van der Waals surface area contributed by atoms with Crippen LogP contribution in [0.5, 0.6) is 0 Å². The second kappa shape index (κ2) is 7.59. The highest BCUT2D eigenvalue weighted by Crippen LogP contribution is 2.13. The van der Waals surface area contributed by atoms with Crippen molar-refractivity contribution < 1.29 is 14.7 Å². The summed E-state index contributed by atoms with van der Waals surface area (Å²) in [5.41, 5.74) is 6.05. The summed E-state index contributed by atoms with van der Waals surface area (Å²) < 4.78 is 1.03. The van der Waals surface area contributed by atoms with Gasteiger partial charge in [0.15, 0.2) is 0 Å². The van der Waals surface area contributed by atoms with E-state index in [-0.39, 0.29) is 17.4 Å². The number of thioether (sulfide) groups is 1. The average Bonchev–Trinajstić information content (AvgIpc) is 2.28. The largest absolute Gasteiger partial charge is 0.480 e. The molecule has 0 aliphatic heterocycles. The van der Waals surface area contributed by atoms with Gasteiger partial charge < -0.3 is 16.2 Å². The Balaban J connectivity index is 2.32. The van der Waals surface area contributed by atoms with E-state index in [1.165, 1.54) is 11.8 Å². The van der Waals surface area contributed by atoms with Crippen LogP contribution in [0.1, 0.15) is 0 Å². The molecule has 0 saturated carbocycles. The second-order valence-corrected chi connectivity index (χ2v) is 5.79. The lowest BCUT2D eigenvalue weighted by molar-refractivity contribution is -0.137. The van der Waals surface area contributed by atoms with Gasteiger partial charge in [0.05, 0.1) is 5.75 Å². The van der Waals surface area contributed by atoms with Crippen LogP contribution < -0.4 is 11.1 Å². The number of carbonyl (C=O) groups excluding carboxylic acids is 1. The summed E-state index contributed by atoms with van der Waals surface area (Å²) >= 11 is 3.36. The maximum atomic E-state index is 11.6. The molecule has 0 bridgehead atoms. The van der Waals surface area contributed by atoms with Crippen LogP contribution in [0.4, 0.5) is 5.69 Å². The number of nitrogens with two attached hydrogens (primary N) is 1. The van der Waals surface area contributed by atoms with Gasteiger partial charge in [-0.25, -0.2) is 0 Å². The molecule has 0 heterocycles. The van der Waals surface area contributed by atoms with Crippen molar-refractivity contribution in [2.45, 2.75) is 6.04 Å². The fourth-order valence-corrected chi connectivity index (χ4v) is 2.43. The number of halogens is 1. The van der Waals surface area contributed by atoms with Gasteiger partial charge in [0, 0.05) is 15.0 Å². The van der Waals surface area contributed by atoms with Gasteiger partial charge in [-0.15, -0.1) is 11.8 Å². The summed E-state index contributed by atoms with van der Waals surface area (Å²) in [6, 6.07) is 6.50. The molecule has 0 radical (unpaired) electrons. The van der Waals surface area contributed by atoms with E-state index < -0.39 is 12.0 Å². The smallest absolute Gasteiger partial charge is 0.321 e. The van der Waals surface area contributed by atoms with Crippen LogP contribution in [0.15, 0.2) is 24.3 Å². The predicted molar refractivity (Wildman–Crippen MR) is 80.7 cm³/mol. The molecule has 1 atom stereocenters. The summed E-state index contributed by atoms with van der Waals surface area (Å²) in [4.78, 5) is 22.0. The molecule has 1 rings (SSSR count). The maximum Gasteiger partial charge on any atom is 0.321 e. The first-order chi connectivity index (χ1) is 8.49. The lowest BCUT2D eigenvalue weighted by atomic mass is 10.3. The van der Waals surface area contributed by atoms with Gasteiger partial charge in [0.2, 0.25) is 5.91 Å². The predicted octanol–water partition coefficient (Wildman–Crippen LogP) is 1.37. The van der Waals surface area contributed by atoms with Crippen molar-refractivity contribution in [3.05, 3.63) is 27.8 Å². The van der Waals surface area contributed by atoms with Crippen molar-refractivity contribution in [3.63, 3.8) is 0 Å². The van der Waals surface area contributed by atoms with Gasteiger partial charge in [-0.1, -0.05) is 6.07 Å². The highest BCUT2D eigenvalue weighted by atomic mass is 127. The molecule has 0 aliphatic rings. The molecule has 0 aliphatic carbocycles. The van der Waals surface area contributed by atoms with E-state index >= 15 is 0 Å². The summed E-state index contributed by atoms with van der Waals surface area (Å²) in [7, 11) is 0. The van der Waals surface area contributed by atoms with Crippen LogP contribution in [0, 0.1) is 3.57 Å². The molecule has 98 valence electrons.